The van der Waals surface area contributed by atoms with Gasteiger partial charge in [-0.3, -0.25) is 9.59 Å². The molecule has 1 aromatic carbocycles. The minimum atomic E-state index is -1.17. The Morgan fingerprint density at radius 3 is 2.56 bits per heavy atom. The molecule has 0 saturated carbocycles. The number of carboxylic acid groups (broad SMARTS) is 1. The molecule has 0 radical (unpaired) electrons. The smallest absolute Gasteiger partial charge is 0.322 e. The molecule has 0 aliphatic rings. The molecular weight excluding hydrogens is 342 g/mol. The van der Waals surface area contributed by atoms with Crippen LogP contribution in [0.3, 0.4) is 0 Å². The van der Waals surface area contributed by atoms with E-state index in [9.17, 15) is 14.7 Å². The zero-order valence-electron chi connectivity index (χ0n) is 13.3. The van der Waals surface area contributed by atoms with E-state index < -0.39 is 18.4 Å². The first-order valence-electron chi connectivity index (χ1n) is 7.59. The molecule has 0 spiro atoms. The second kappa shape index (κ2) is 6.86. The summed E-state index contributed by atoms with van der Waals surface area (Å²) in [5.74, 6) is -2.19. The van der Waals surface area contributed by atoms with Crippen LogP contribution in [0.15, 0.2) is 30.3 Å². The lowest BCUT2D eigenvalue weighted by Crippen LogP contribution is -2.30. The van der Waals surface area contributed by atoms with Gasteiger partial charge in [-0.1, -0.05) is 37.3 Å². The molecule has 0 aliphatic heterocycles. The molecule has 0 saturated heterocycles. The summed E-state index contributed by atoms with van der Waals surface area (Å²) >= 11 is 1.27. The van der Waals surface area contributed by atoms with Gasteiger partial charge in [0.15, 0.2) is 11.4 Å². The highest BCUT2D eigenvalue weighted by Gasteiger charge is 2.22. The van der Waals surface area contributed by atoms with Crippen LogP contribution in [-0.4, -0.2) is 38.6 Å². The van der Waals surface area contributed by atoms with Crippen molar-refractivity contribution in [2.24, 2.45) is 0 Å². The SMILES string of the molecule is CCc1nc(C(=O)NCC(=O)O)c(O)c2sc(-c3ccccc3)nc12. The molecule has 1 amide bonds. The number of aromatic hydroxyl groups is 1. The van der Waals surface area contributed by atoms with Crippen LogP contribution in [0.1, 0.15) is 23.1 Å². The molecule has 128 valence electrons. The zero-order valence-corrected chi connectivity index (χ0v) is 14.1. The standard InChI is InChI=1S/C17H15N3O4S/c1-2-10-12-15(25-17(20-12)9-6-4-3-5-7-9)14(23)13(19-10)16(24)18-8-11(21)22/h3-7,23H,2,8H2,1H3,(H,18,24)(H,21,22). The van der Waals surface area contributed by atoms with E-state index in [1.54, 1.807) is 0 Å². The first-order valence-corrected chi connectivity index (χ1v) is 8.40. The summed E-state index contributed by atoms with van der Waals surface area (Å²) in [4.78, 5) is 31.5. The highest BCUT2D eigenvalue weighted by atomic mass is 32.1. The van der Waals surface area contributed by atoms with Crippen LogP contribution in [0.25, 0.3) is 20.8 Å². The van der Waals surface area contributed by atoms with Gasteiger partial charge in [0.05, 0.1) is 5.69 Å². The Morgan fingerprint density at radius 1 is 1.20 bits per heavy atom. The van der Waals surface area contributed by atoms with Crippen molar-refractivity contribution in [2.75, 3.05) is 6.54 Å². The summed E-state index contributed by atoms with van der Waals surface area (Å²) in [7, 11) is 0. The number of rotatable bonds is 5. The topological polar surface area (TPSA) is 112 Å². The fourth-order valence-corrected chi connectivity index (χ4v) is 3.41. The van der Waals surface area contributed by atoms with Crippen LogP contribution >= 0.6 is 11.3 Å². The van der Waals surface area contributed by atoms with E-state index in [2.05, 4.69) is 15.3 Å². The summed E-state index contributed by atoms with van der Waals surface area (Å²) in [5, 5.41) is 22.1. The average Bonchev–Trinajstić information content (AvgIpc) is 3.07. The molecule has 0 bridgehead atoms. The van der Waals surface area contributed by atoms with E-state index in [-0.39, 0.29) is 11.4 Å². The molecule has 3 aromatic rings. The van der Waals surface area contributed by atoms with Crippen molar-refractivity contribution in [1.82, 2.24) is 15.3 Å². The van der Waals surface area contributed by atoms with Gasteiger partial charge in [0.1, 0.15) is 21.8 Å². The van der Waals surface area contributed by atoms with Crippen molar-refractivity contribution < 1.29 is 19.8 Å². The van der Waals surface area contributed by atoms with Crippen molar-refractivity contribution in [1.29, 1.82) is 0 Å². The largest absolute Gasteiger partial charge is 0.504 e. The third-order valence-electron chi connectivity index (χ3n) is 3.56. The normalized spacial score (nSPS) is 10.8. The molecule has 2 aromatic heterocycles. The number of hydrogen-bond donors (Lipinski definition) is 3. The van der Waals surface area contributed by atoms with Crippen LogP contribution in [-0.2, 0) is 11.2 Å². The number of benzene rings is 1. The lowest BCUT2D eigenvalue weighted by Gasteiger charge is -2.07. The number of carbonyl (C=O) groups is 2. The van der Waals surface area contributed by atoms with Crippen molar-refractivity contribution in [3.63, 3.8) is 0 Å². The fraction of sp³-hybridized carbons (Fsp3) is 0.176. The molecule has 7 nitrogen and oxygen atoms in total. The van der Waals surface area contributed by atoms with E-state index in [1.807, 2.05) is 37.3 Å². The Hall–Kier alpha value is -3.00. The maximum Gasteiger partial charge on any atom is 0.322 e. The number of aromatic nitrogens is 2. The summed E-state index contributed by atoms with van der Waals surface area (Å²) in [6.45, 7) is 1.33. The summed E-state index contributed by atoms with van der Waals surface area (Å²) in [5.41, 5.74) is 1.85. The number of nitrogens with one attached hydrogen (secondary N) is 1. The zero-order chi connectivity index (χ0) is 18.0. The van der Waals surface area contributed by atoms with Gasteiger partial charge < -0.3 is 15.5 Å². The molecular formula is C17H15N3O4S. The maximum absolute atomic E-state index is 12.1. The van der Waals surface area contributed by atoms with Gasteiger partial charge in [-0.2, -0.15) is 0 Å². The van der Waals surface area contributed by atoms with E-state index in [0.29, 0.717) is 27.3 Å². The van der Waals surface area contributed by atoms with Crippen molar-refractivity contribution in [2.45, 2.75) is 13.3 Å². The first-order chi connectivity index (χ1) is 12.0. The third kappa shape index (κ3) is 3.29. The number of fused-ring (bicyclic) bond motifs is 1. The van der Waals surface area contributed by atoms with Crippen LogP contribution in [0.4, 0.5) is 0 Å². The molecule has 3 rings (SSSR count). The molecule has 3 N–H and O–H groups in total. The number of aliphatic carboxylic acids is 1. The average molecular weight is 357 g/mol. The number of hydrogen-bond acceptors (Lipinski definition) is 6. The van der Waals surface area contributed by atoms with Gasteiger partial charge in [0.25, 0.3) is 5.91 Å². The number of aryl methyl sites for hydroxylation is 1. The van der Waals surface area contributed by atoms with Gasteiger partial charge in [-0.05, 0) is 6.42 Å². The predicted molar refractivity (Wildman–Crippen MR) is 93.9 cm³/mol. The number of amides is 1. The molecule has 0 aliphatic carbocycles. The lowest BCUT2D eigenvalue weighted by molar-refractivity contribution is -0.135. The lowest BCUT2D eigenvalue weighted by atomic mass is 10.2. The Labute approximate surface area is 147 Å². The van der Waals surface area contributed by atoms with Crippen LogP contribution in [0, 0.1) is 0 Å². The molecule has 25 heavy (non-hydrogen) atoms. The summed E-state index contributed by atoms with van der Waals surface area (Å²) in [6, 6.07) is 9.51. The maximum atomic E-state index is 12.1. The first kappa shape index (κ1) is 16.8. The van der Waals surface area contributed by atoms with Gasteiger partial charge in [0, 0.05) is 5.56 Å². The minimum Gasteiger partial charge on any atom is -0.504 e. The van der Waals surface area contributed by atoms with Gasteiger partial charge >= 0.3 is 5.97 Å². The van der Waals surface area contributed by atoms with Gasteiger partial charge in [-0.15, -0.1) is 11.3 Å². The van der Waals surface area contributed by atoms with Crippen LogP contribution < -0.4 is 5.32 Å². The number of thiazole rings is 1. The van der Waals surface area contributed by atoms with Gasteiger partial charge in [0.2, 0.25) is 0 Å². The van der Waals surface area contributed by atoms with Gasteiger partial charge in [-0.25, -0.2) is 9.97 Å². The quantitative estimate of drug-likeness (QED) is 0.646. The Bertz CT molecular complexity index is 953. The van der Waals surface area contributed by atoms with Crippen LogP contribution in [0.5, 0.6) is 5.75 Å². The highest BCUT2D eigenvalue weighted by molar-refractivity contribution is 7.22. The molecule has 0 atom stereocenters. The molecule has 2 heterocycles. The fourth-order valence-electron chi connectivity index (χ4n) is 2.37. The predicted octanol–water partition coefficient (Wildman–Crippen LogP) is 2.44. The Morgan fingerprint density at radius 2 is 1.92 bits per heavy atom. The second-order valence-electron chi connectivity index (χ2n) is 5.25. The summed E-state index contributed by atoms with van der Waals surface area (Å²) in [6.07, 6.45) is 0.522. The third-order valence-corrected chi connectivity index (χ3v) is 4.67. The molecule has 0 fully saturated rings. The number of carbonyl (C=O) groups excluding carboxylic acids is 1. The Balaban J connectivity index is 2.11. The van der Waals surface area contributed by atoms with Crippen molar-refractivity contribution >= 4 is 33.4 Å². The van der Waals surface area contributed by atoms with Crippen molar-refractivity contribution in [3.05, 3.63) is 41.7 Å². The Kier molecular flexibility index (Phi) is 4.62. The minimum absolute atomic E-state index is 0.186. The van der Waals surface area contributed by atoms with E-state index in [0.717, 1.165) is 5.56 Å². The monoisotopic (exact) mass is 357 g/mol. The number of nitrogens with zero attached hydrogens (tertiary/aromatic N) is 2. The summed E-state index contributed by atoms with van der Waals surface area (Å²) < 4.78 is 0.464. The number of pyridine rings is 1. The van der Waals surface area contributed by atoms with E-state index in [1.165, 1.54) is 11.3 Å². The number of carboxylic acids is 1. The highest BCUT2D eigenvalue weighted by Crippen LogP contribution is 2.38. The molecule has 8 heteroatoms. The second-order valence-corrected chi connectivity index (χ2v) is 6.25. The van der Waals surface area contributed by atoms with Crippen molar-refractivity contribution in [3.8, 4) is 16.3 Å². The molecule has 0 unspecified atom stereocenters. The van der Waals surface area contributed by atoms with E-state index in [4.69, 9.17) is 5.11 Å². The van der Waals surface area contributed by atoms with Crippen LogP contribution in [0.2, 0.25) is 0 Å². The van der Waals surface area contributed by atoms with E-state index >= 15 is 0 Å².